The third-order valence-corrected chi connectivity index (χ3v) is 7.73. The molecule has 4 amide bonds. The number of guanidine groups is 1. The van der Waals surface area contributed by atoms with Gasteiger partial charge in [0.1, 0.15) is 18.1 Å². The fourth-order valence-corrected chi connectivity index (χ4v) is 5.49. The van der Waals surface area contributed by atoms with E-state index in [4.69, 9.17) is 22.9 Å². The van der Waals surface area contributed by atoms with Crippen LogP contribution in [0.5, 0.6) is 0 Å². The Kier molecular flexibility index (Phi) is 12.1. The summed E-state index contributed by atoms with van der Waals surface area (Å²) in [5, 5.41) is 4.93. The summed E-state index contributed by atoms with van der Waals surface area (Å²) in [6.07, 6.45) is 3.66. The van der Waals surface area contributed by atoms with Gasteiger partial charge in [-0.1, -0.05) is 42.5 Å². The Hall–Kier alpha value is -4.19. The van der Waals surface area contributed by atoms with Gasteiger partial charge in [0.15, 0.2) is 5.96 Å². The standard InChI is InChI=1S/C30H44N8O4/c1-37(24(27(32)40)14-7-17-35-30(33)34)29(42)23(13-4-5-16-31)36-28(41)25-15-8-18-38(25)26(39)19-21-11-6-10-20-9-2-3-12-22(20)21/h2-3,6,9-12,23-25H,4-5,7-8,13-19,31H2,1H3,(H2,32,40)(H,36,41)(H4,33,34,35)/t23-,24-,25-/m0/s1. The molecule has 9 N–H and O–H groups in total. The van der Waals surface area contributed by atoms with Crippen LogP contribution in [-0.2, 0) is 25.6 Å². The van der Waals surface area contributed by atoms with Crippen molar-refractivity contribution < 1.29 is 19.2 Å². The van der Waals surface area contributed by atoms with Crippen LogP contribution < -0.4 is 28.3 Å². The predicted octanol–water partition coefficient (Wildman–Crippen LogP) is 0.353. The van der Waals surface area contributed by atoms with Crippen LogP contribution in [0.15, 0.2) is 47.5 Å². The number of hydrogen-bond acceptors (Lipinski definition) is 6. The molecular formula is C30H44N8O4. The third-order valence-electron chi connectivity index (χ3n) is 7.73. The molecule has 3 atom stereocenters. The second kappa shape index (κ2) is 15.7. The first-order valence-corrected chi connectivity index (χ1v) is 14.5. The molecule has 42 heavy (non-hydrogen) atoms. The Morgan fingerprint density at radius 2 is 1.76 bits per heavy atom. The number of benzene rings is 2. The maximum Gasteiger partial charge on any atom is 0.245 e. The molecule has 2 aromatic carbocycles. The van der Waals surface area contributed by atoms with Crippen LogP contribution in [0.3, 0.4) is 0 Å². The molecule has 1 aliphatic heterocycles. The largest absolute Gasteiger partial charge is 0.370 e. The number of likely N-dealkylation sites (tertiary alicyclic amines) is 1. The fourth-order valence-electron chi connectivity index (χ4n) is 5.49. The zero-order valence-electron chi connectivity index (χ0n) is 24.3. The van der Waals surface area contributed by atoms with Crippen molar-refractivity contribution in [1.29, 1.82) is 0 Å². The van der Waals surface area contributed by atoms with Crippen LogP contribution in [0.25, 0.3) is 10.8 Å². The lowest BCUT2D eigenvalue weighted by molar-refractivity contribution is -0.143. The SMILES string of the molecule is CN(C(=O)[C@H](CCCCN)NC(=O)[C@@H]1CCCN1C(=O)Cc1cccc2ccccc12)[C@@H](CCCN=C(N)N)C(N)=O. The highest BCUT2D eigenvalue weighted by molar-refractivity contribution is 5.95. The quantitative estimate of drug-likeness (QED) is 0.113. The van der Waals surface area contributed by atoms with E-state index in [2.05, 4.69) is 10.3 Å². The van der Waals surface area contributed by atoms with E-state index in [1.54, 1.807) is 4.90 Å². The lowest BCUT2D eigenvalue weighted by Gasteiger charge is -2.31. The van der Waals surface area contributed by atoms with E-state index in [0.29, 0.717) is 51.6 Å². The van der Waals surface area contributed by atoms with E-state index < -0.39 is 29.9 Å². The molecule has 228 valence electrons. The Bertz CT molecular complexity index is 1270. The Balaban J connectivity index is 1.71. The highest BCUT2D eigenvalue weighted by Crippen LogP contribution is 2.23. The normalized spacial score (nSPS) is 16.0. The van der Waals surface area contributed by atoms with E-state index >= 15 is 0 Å². The molecule has 3 rings (SSSR count). The molecule has 0 bridgehead atoms. The Morgan fingerprint density at radius 3 is 2.48 bits per heavy atom. The van der Waals surface area contributed by atoms with Crippen LogP contribution in [0.1, 0.15) is 50.5 Å². The molecule has 1 saturated heterocycles. The Morgan fingerprint density at radius 1 is 1.02 bits per heavy atom. The molecule has 0 unspecified atom stereocenters. The van der Waals surface area contributed by atoms with Crippen molar-refractivity contribution in [3.63, 3.8) is 0 Å². The number of hydrogen-bond donors (Lipinski definition) is 5. The minimum Gasteiger partial charge on any atom is -0.370 e. The monoisotopic (exact) mass is 580 g/mol. The number of carbonyl (C=O) groups is 4. The van der Waals surface area contributed by atoms with Crippen LogP contribution in [0.4, 0.5) is 0 Å². The second-order valence-electron chi connectivity index (χ2n) is 10.7. The van der Waals surface area contributed by atoms with Crippen molar-refractivity contribution in [2.75, 3.05) is 26.7 Å². The number of nitrogens with one attached hydrogen (secondary N) is 1. The molecule has 1 heterocycles. The molecule has 12 nitrogen and oxygen atoms in total. The maximum absolute atomic E-state index is 13.6. The van der Waals surface area contributed by atoms with Crippen molar-refractivity contribution in [2.45, 2.75) is 69.5 Å². The lowest BCUT2D eigenvalue weighted by Crippen LogP contribution is -2.56. The van der Waals surface area contributed by atoms with Gasteiger partial charge in [-0.15, -0.1) is 0 Å². The van der Waals surface area contributed by atoms with Crippen LogP contribution in [0.2, 0.25) is 0 Å². The van der Waals surface area contributed by atoms with E-state index in [0.717, 1.165) is 16.3 Å². The molecular weight excluding hydrogens is 536 g/mol. The van der Waals surface area contributed by atoms with Gasteiger partial charge in [0.05, 0.1) is 6.42 Å². The summed E-state index contributed by atoms with van der Waals surface area (Å²) in [7, 11) is 1.50. The molecule has 12 heteroatoms. The molecule has 1 aliphatic rings. The van der Waals surface area contributed by atoms with Crippen molar-refractivity contribution >= 4 is 40.4 Å². The Labute approximate surface area is 246 Å². The second-order valence-corrected chi connectivity index (χ2v) is 10.7. The minimum absolute atomic E-state index is 0.0608. The van der Waals surface area contributed by atoms with Gasteiger partial charge in [-0.25, -0.2) is 0 Å². The minimum atomic E-state index is -0.899. The number of fused-ring (bicyclic) bond motifs is 1. The lowest BCUT2D eigenvalue weighted by atomic mass is 10.0. The van der Waals surface area contributed by atoms with Gasteiger partial charge in [0.25, 0.3) is 0 Å². The molecule has 0 radical (unpaired) electrons. The highest BCUT2D eigenvalue weighted by atomic mass is 16.2. The van der Waals surface area contributed by atoms with Gasteiger partial charge in [-0.3, -0.25) is 24.2 Å². The smallest absolute Gasteiger partial charge is 0.245 e. The topological polar surface area (TPSA) is 203 Å². The third kappa shape index (κ3) is 8.65. The van der Waals surface area contributed by atoms with Crippen molar-refractivity contribution in [3.8, 4) is 0 Å². The van der Waals surface area contributed by atoms with Gasteiger partial charge in [0.2, 0.25) is 23.6 Å². The van der Waals surface area contributed by atoms with Gasteiger partial charge >= 0.3 is 0 Å². The van der Waals surface area contributed by atoms with Crippen LogP contribution in [0, 0.1) is 0 Å². The molecule has 0 saturated carbocycles. The van der Waals surface area contributed by atoms with Crippen molar-refractivity contribution in [2.24, 2.45) is 27.9 Å². The number of rotatable bonds is 15. The van der Waals surface area contributed by atoms with Crippen LogP contribution >= 0.6 is 0 Å². The summed E-state index contributed by atoms with van der Waals surface area (Å²) in [6, 6.07) is 11.3. The summed E-state index contributed by atoms with van der Waals surface area (Å²) >= 11 is 0. The zero-order chi connectivity index (χ0) is 30.6. The predicted molar refractivity (Wildman–Crippen MR) is 163 cm³/mol. The summed E-state index contributed by atoms with van der Waals surface area (Å²) in [5.74, 6) is -1.68. The first-order chi connectivity index (χ1) is 20.1. The van der Waals surface area contributed by atoms with Gasteiger partial charge in [-0.2, -0.15) is 0 Å². The molecule has 1 fully saturated rings. The fraction of sp³-hybridized carbons (Fsp3) is 0.500. The number of nitrogens with zero attached hydrogens (tertiary/aromatic N) is 3. The zero-order valence-corrected chi connectivity index (χ0v) is 24.3. The first kappa shape index (κ1) is 32.3. The summed E-state index contributed by atoms with van der Waals surface area (Å²) in [6.45, 7) is 1.19. The number of amides is 4. The molecule has 2 aromatic rings. The highest BCUT2D eigenvalue weighted by Gasteiger charge is 2.37. The van der Waals surface area contributed by atoms with E-state index in [9.17, 15) is 19.2 Å². The number of nitrogens with two attached hydrogens (primary N) is 4. The van der Waals surface area contributed by atoms with Crippen molar-refractivity contribution in [3.05, 3.63) is 48.0 Å². The number of aliphatic imine (C=N–C) groups is 1. The molecule has 0 spiro atoms. The van der Waals surface area contributed by atoms with Crippen molar-refractivity contribution in [1.82, 2.24) is 15.1 Å². The summed E-state index contributed by atoms with van der Waals surface area (Å²) in [5.41, 5.74) is 22.9. The van der Waals surface area contributed by atoms with E-state index in [-0.39, 0.29) is 37.2 Å². The van der Waals surface area contributed by atoms with Gasteiger partial charge < -0.3 is 38.1 Å². The van der Waals surface area contributed by atoms with E-state index in [1.807, 2.05) is 42.5 Å². The average Bonchev–Trinajstić information content (AvgIpc) is 3.46. The first-order valence-electron chi connectivity index (χ1n) is 14.5. The molecule has 0 aromatic heterocycles. The van der Waals surface area contributed by atoms with E-state index in [1.165, 1.54) is 11.9 Å². The average molecular weight is 581 g/mol. The van der Waals surface area contributed by atoms with Crippen LogP contribution in [-0.4, -0.2) is 84.2 Å². The van der Waals surface area contributed by atoms with Gasteiger partial charge in [0, 0.05) is 20.1 Å². The number of unbranched alkanes of at least 4 members (excludes halogenated alkanes) is 1. The number of primary amides is 1. The number of likely N-dealkylation sites (N-methyl/N-ethyl adjacent to an activating group) is 1. The number of carbonyl (C=O) groups excluding carboxylic acids is 4. The summed E-state index contributed by atoms with van der Waals surface area (Å²) in [4.78, 5) is 59.6. The van der Waals surface area contributed by atoms with Gasteiger partial charge in [-0.05, 0) is 67.8 Å². The maximum atomic E-state index is 13.6. The molecule has 0 aliphatic carbocycles. The summed E-state index contributed by atoms with van der Waals surface area (Å²) < 4.78 is 0.